The van der Waals surface area contributed by atoms with Gasteiger partial charge in [-0.1, -0.05) is 61.2 Å². The van der Waals surface area contributed by atoms with Crippen molar-refractivity contribution in [2.45, 2.75) is 20.0 Å². The van der Waals surface area contributed by atoms with Crippen LogP contribution in [0.15, 0.2) is 85.0 Å². The average molecular weight is 368 g/mol. The molecule has 142 valence electrons. The summed E-state index contributed by atoms with van der Waals surface area (Å²) in [5.41, 5.74) is 1.59. The van der Waals surface area contributed by atoms with E-state index in [2.05, 4.69) is 6.58 Å². The lowest BCUT2D eigenvalue weighted by Crippen LogP contribution is -2.06. The summed E-state index contributed by atoms with van der Waals surface area (Å²) < 4.78 is 10.8. The molecule has 2 aromatic carbocycles. The number of carboxylic acid groups (broad SMARTS) is 1. The van der Waals surface area contributed by atoms with E-state index in [0.717, 1.165) is 17.4 Å². The van der Waals surface area contributed by atoms with Crippen LogP contribution in [-0.4, -0.2) is 23.7 Å². The number of aliphatic carboxylic acids is 1. The monoisotopic (exact) mass is 368 g/mol. The van der Waals surface area contributed by atoms with Crippen molar-refractivity contribution < 1.29 is 24.2 Å². The highest BCUT2D eigenvalue weighted by Gasteiger charge is 2.05. The van der Waals surface area contributed by atoms with E-state index in [1.165, 1.54) is 0 Å². The number of benzene rings is 2. The van der Waals surface area contributed by atoms with E-state index in [1.807, 2.05) is 66.7 Å². The first-order valence-electron chi connectivity index (χ1n) is 8.44. The van der Waals surface area contributed by atoms with E-state index < -0.39 is 5.97 Å². The highest BCUT2D eigenvalue weighted by Crippen LogP contribution is 2.09. The van der Waals surface area contributed by atoms with Gasteiger partial charge in [0.15, 0.2) is 0 Å². The van der Waals surface area contributed by atoms with Gasteiger partial charge in [-0.3, -0.25) is 0 Å². The number of esters is 1. The molecule has 27 heavy (non-hydrogen) atoms. The molecule has 0 amide bonds. The molecule has 0 atom stereocenters. The van der Waals surface area contributed by atoms with Crippen LogP contribution in [0.3, 0.4) is 0 Å². The van der Waals surface area contributed by atoms with Gasteiger partial charge < -0.3 is 14.6 Å². The largest absolute Gasteiger partial charge is 0.493 e. The third-order valence-electron chi connectivity index (χ3n) is 3.29. The molecular weight excluding hydrogens is 344 g/mol. The molecule has 0 radical (unpaired) electrons. The molecule has 0 saturated heterocycles. The molecule has 0 aliphatic heterocycles. The van der Waals surface area contributed by atoms with Crippen LogP contribution < -0.4 is 4.74 Å². The SMILES string of the molecule is C=CC(=O)O.CC(=CCCOc1ccccc1)C(=O)OCc1ccccc1. The Kier molecular flexibility index (Phi) is 10.4. The van der Waals surface area contributed by atoms with Gasteiger partial charge in [-0.2, -0.15) is 0 Å². The van der Waals surface area contributed by atoms with Crippen molar-refractivity contribution in [1.82, 2.24) is 0 Å². The van der Waals surface area contributed by atoms with E-state index in [9.17, 15) is 9.59 Å². The van der Waals surface area contributed by atoms with E-state index in [4.69, 9.17) is 14.6 Å². The van der Waals surface area contributed by atoms with Crippen molar-refractivity contribution in [2.75, 3.05) is 6.61 Å². The zero-order chi connectivity index (χ0) is 19.9. The molecule has 2 rings (SSSR count). The minimum Gasteiger partial charge on any atom is -0.493 e. The first kappa shape index (κ1) is 21.7. The molecule has 5 nitrogen and oxygen atoms in total. The van der Waals surface area contributed by atoms with Gasteiger partial charge in [0.05, 0.1) is 6.61 Å². The Bertz CT molecular complexity index is 736. The molecule has 0 heterocycles. The van der Waals surface area contributed by atoms with Crippen molar-refractivity contribution in [3.05, 3.63) is 90.5 Å². The molecule has 0 aliphatic carbocycles. The molecular formula is C22H24O5. The molecule has 2 aromatic rings. The van der Waals surface area contributed by atoms with Crippen LogP contribution in [-0.2, 0) is 20.9 Å². The second-order valence-electron chi connectivity index (χ2n) is 5.44. The second-order valence-corrected chi connectivity index (χ2v) is 5.44. The summed E-state index contributed by atoms with van der Waals surface area (Å²) in [5.74, 6) is -0.436. The van der Waals surface area contributed by atoms with E-state index >= 15 is 0 Å². The zero-order valence-electron chi connectivity index (χ0n) is 15.3. The molecule has 0 bridgehead atoms. The van der Waals surface area contributed by atoms with E-state index in [-0.39, 0.29) is 5.97 Å². The predicted octanol–water partition coefficient (Wildman–Crippen LogP) is 4.40. The normalized spacial score (nSPS) is 10.2. The van der Waals surface area contributed by atoms with Gasteiger partial charge in [0.25, 0.3) is 0 Å². The van der Waals surface area contributed by atoms with Crippen molar-refractivity contribution in [2.24, 2.45) is 0 Å². The lowest BCUT2D eigenvalue weighted by molar-refractivity contribution is -0.140. The maximum absolute atomic E-state index is 11.8. The molecule has 5 heteroatoms. The Labute approximate surface area is 159 Å². The number of ether oxygens (including phenoxy) is 2. The maximum Gasteiger partial charge on any atom is 0.333 e. The Balaban J connectivity index is 0.000000646. The standard InChI is InChI=1S/C19H20O3.C3H4O2/c1-16(9-8-14-21-18-12-6-3-7-13-18)19(20)22-15-17-10-4-2-5-11-17;1-2-3(4)5/h2-7,9-13H,8,14-15H2,1H3;2H,1H2,(H,4,5). The van der Waals surface area contributed by atoms with Crippen molar-refractivity contribution in [3.63, 3.8) is 0 Å². The van der Waals surface area contributed by atoms with Crippen LogP contribution in [0.5, 0.6) is 5.75 Å². The third kappa shape index (κ3) is 10.3. The molecule has 0 saturated carbocycles. The molecule has 0 unspecified atom stereocenters. The minimum absolute atomic E-state index is 0.288. The third-order valence-corrected chi connectivity index (χ3v) is 3.29. The fraction of sp³-hybridized carbons (Fsp3) is 0.182. The van der Waals surface area contributed by atoms with Gasteiger partial charge in [-0.05, 0) is 24.6 Å². The van der Waals surface area contributed by atoms with Gasteiger partial charge in [0.1, 0.15) is 12.4 Å². The molecule has 1 N–H and O–H groups in total. The number of hydrogen-bond donors (Lipinski definition) is 1. The number of para-hydroxylation sites is 1. The molecule has 0 spiro atoms. The summed E-state index contributed by atoms with van der Waals surface area (Å²) in [6.07, 6.45) is 3.34. The highest BCUT2D eigenvalue weighted by molar-refractivity contribution is 5.87. The summed E-state index contributed by atoms with van der Waals surface area (Å²) in [6.45, 7) is 5.55. The first-order chi connectivity index (χ1) is 13.0. The fourth-order valence-corrected chi connectivity index (χ4v) is 1.89. The van der Waals surface area contributed by atoms with E-state index in [1.54, 1.807) is 6.92 Å². The summed E-state index contributed by atoms with van der Waals surface area (Å²) in [7, 11) is 0. The Morgan fingerprint density at radius 1 is 1.04 bits per heavy atom. The number of rotatable bonds is 8. The fourth-order valence-electron chi connectivity index (χ4n) is 1.89. The van der Waals surface area contributed by atoms with Gasteiger partial charge in [-0.15, -0.1) is 0 Å². The molecule has 0 aliphatic rings. The Morgan fingerprint density at radius 2 is 1.59 bits per heavy atom. The van der Waals surface area contributed by atoms with Crippen LogP contribution in [0.25, 0.3) is 0 Å². The topological polar surface area (TPSA) is 72.8 Å². The highest BCUT2D eigenvalue weighted by atomic mass is 16.5. The van der Waals surface area contributed by atoms with Crippen LogP contribution in [0.1, 0.15) is 18.9 Å². The smallest absolute Gasteiger partial charge is 0.333 e. The lowest BCUT2D eigenvalue weighted by Gasteiger charge is -2.06. The summed E-state index contributed by atoms with van der Waals surface area (Å²) >= 11 is 0. The Morgan fingerprint density at radius 3 is 2.15 bits per heavy atom. The molecule has 0 fully saturated rings. The van der Waals surface area contributed by atoms with E-state index in [0.29, 0.717) is 25.2 Å². The van der Waals surface area contributed by atoms with Crippen molar-refractivity contribution in [3.8, 4) is 5.75 Å². The van der Waals surface area contributed by atoms with Gasteiger partial charge in [0.2, 0.25) is 0 Å². The maximum atomic E-state index is 11.8. The number of carboxylic acids is 1. The lowest BCUT2D eigenvalue weighted by atomic mass is 10.2. The predicted molar refractivity (Wildman–Crippen MR) is 104 cm³/mol. The Hall–Kier alpha value is -3.34. The first-order valence-corrected chi connectivity index (χ1v) is 8.44. The van der Waals surface area contributed by atoms with Crippen LogP contribution in [0.4, 0.5) is 0 Å². The van der Waals surface area contributed by atoms with Gasteiger partial charge in [0, 0.05) is 18.1 Å². The number of carbonyl (C=O) groups is 2. The van der Waals surface area contributed by atoms with Gasteiger partial charge in [-0.25, -0.2) is 9.59 Å². The van der Waals surface area contributed by atoms with Gasteiger partial charge >= 0.3 is 11.9 Å². The summed E-state index contributed by atoms with van der Waals surface area (Å²) in [4.78, 5) is 21.1. The zero-order valence-corrected chi connectivity index (χ0v) is 15.3. The average Bonchev–Trinajstić information content (AvgIpc) is 2.71. The summed E-state index contributed by atoms with van der Waals surface area (Å²) in [6, 6.07) is 19.3. The number of carbonyl (C=O) groups excluding carboxylic acids is 1. The molecule has 0 aromatic heterocycles. The second kappa shape index (κ2) is 12.9. The number of hydrogen-bond acceptors (Lipinski definition) is 4. The van der Waals surface area contributed by atoms with Crippen molar-refractivity contribution in [1.29, 1.82) is 0 Å². The summed E-state index contributed by atoms with van der Waals surface area (Å²) in [5, 5.41) is 7.60. The van der Waals surface area contributed by atoms with Crippen LogP contribution in [0, 0.1) is 0 Å². The van der Waals surface area contributed by atoms with Crippen molar-refractivity contribution >= 4 is 11.9 Å². The minimum atomic E-state index is -0.981. The van der Waals surface area contributed by atoms with Crippen LogP contribution >= 0.6 is 0 Å². The van der Waals surface area contributed by atoms with Crippen LogP contribution in [0.2, 0.25) is 0 Å². The quantitative estimate of drug-likeness (QED) is 0.425.